The fourth-order valence-electron chi connectivity index (χ4n) is 5.21. The van der Waals surface area contributed by atoms with Crippen molar-refractivity contribution in [3.8, 4) is 0 Å². The zero-order chi connectivity index (χ0) is 30.9. The van der Waals surface area contributed by atoms with Crippen LogP contribution in [-0.4, -0.2) is 52.5 Å². The van der Waals surface area contributed by atoms with E-state index >= 15 is 0 Å². The van der Waals surface area contributed by atoms with Gasteiger partial charge in [-0.1, -0.05) is 80.6 Å². The third-order valence-electron chi connectivity index (χ3n) is 7.53. The van der Waals surface area contributed by atoms with E-state index < -0.39 is 35.5 Å². The van der Waals surface area contributed by atoms with Gasteiger partial charge in [0.2, 0.25) is 23.4 Å². The van der Waals surface area contributed by atoms with Gasteiger partial charge < -0.3 is 20.9 Å². The molecule has 0 saturated carbocycles. The SMILES string of the molecule is CC(C)C[C@H](NC(=O)C(CC(=O)N(C)c1cccc2ccccc12)Cc1ccccc1)C(=O)C(=O)[C@@H](N)Cc1cnc[nH]1. The number of carbonyl (C=O) groups is 4. The van der Waals surface area contributed by atoms with E-state index in [0.717, 1.165) is 22.0 Å². The maximum absolute atomic E-state index is 13.8. The predicted molar refractivity (Wildman–Crippen MR) is 167 cm³/mol. The van der Waals surface area contributed by atoms with E-state index in [1.54, 1.807) is 18.1 Å². The van der Waals surface area contributed by atoms with Gasteiger partial charge in [0.1, 0.15) is 0 Å². The molecule has 2 amide bonds. The number of ketones is 2. The lowest BCUT2D eigenvalue weighted by molar-refractivity contribution is -0.140. The fraction of sp³-hybridized carbons (Fsp3) is 0.324. The Labute approximate surface area is 251 Å². The van der Waals surface area contributed by atoms with E-state index in [9.17, 15) is 19.2 Å². The summed E-state index contributed by atoms with van der Waals surface area (Å²) >= 11 is 0. The predicted octanol–water partition coefficient (Wildman–Crippen LogP) is 4.01. The quantitative estimate of drug-likeness (QED) is 0.192. The third kappa shape index (κ3) is 8.23. The van der Waals surface area contributed by atoms with E-state index in [1.807, 2.05) is 86.6 Å². The highest BCUT2D eigenvalue weighted by Crippen LogP contribution is 2.27. The average molecular weight is 582 g/mol. The number of imidazole rings is 1. The molecular formula is C34H39N5O4. The number of nitrogens with one attached hydrogen (secondary N) is 2. The number of benzene rings is 3. The second-order valence-corrected chi connectivity index (χ2v) is 11.3. The molecule has 0 fully saturated rings. The standard InChI is InChI=1S/C34H39N5O4/c1-22(2)16-29(33(42)32(41)28(35)19-26-20-36-21-37-26)38-34(43)25(17-23-10-5-4-6-11-23)18-31(40)39(3)30-15-9-13-24-12-7-8-14-27(24)30/h4-15,20-22,25,28-29H,16-19,35H2,1-3H3,(H,36,37)(H,38,43)/t25?,28-,29-/m0/s1. The summed E-state index contributed by atoms with van der Waals surface area (Å²) in [6.07, 6.45) is 3.61. The number of hydrogen-bond donors (Lipinski definition) is 3. The molecule has 0 aliphatic rings. The minimum Gasteiger partial charge on any atom is -0.348 e. The largest absolute Gasteiger partial charge is 0.348 e. The Morgan fingerprint density at radius 2 is 1.60 bits per heavy atom. The van der Waals surface area contributed by atoms with Gasteiger partial charge in [-0.15, -0.1) is 0 Å². The lowest BCUT2D eigenvalue weighted by atomic mass is 9.91. The molecule has 1 heterocycles. The molecule has 9 heteroatoms. The van der Waals surface area contributed by atoms with Gasteiger partial charge >= 0.3 is 0 Å². The van der Waals surface area contributed by atoms with Crippen LogP contribution in [0.3, 0.4) is 0 Å². The summed E-state index contributed by atoms with van der Waals surface area (Å²) in [7, 11) is 1.70. The van der Waals surface area contributed by atoms with Gasteiger partial charge in [-0.3, -0.25) is 19.2 Å². The molecule has 0 saturated heterocycles. The third-order valence-corrected chi connectivity index (χ3v) is 7.53. The van der Waals surface area contributed by atoms with Gasteiger partial charge in [-0.25, -0.2) is 4.98 Å². The molecule has 43 heavy (non-hydrogen) atoms. The van der Waals surface area contributed by atoms with Crippen molar-refractivity contribution in [1.82, 2.24) is 15.3 Å². The van der Waals surface area contributed by atoms with Crippen LogP contribution in [0.25, 0.3) is 10.8 Å². The van der Waals surface area contributed by atoms with E-state index in [0.29, 0.717) is 5.69 Å². The summed E-state index contributed by atoms with van der Waals surface area (Å²) < 4.78 is 0. The van der Waals surface area contributed by atoms with Gasteiger partial charge in [0.25, 0.3) is 0 Å². The number of aromatic nitrogens is 2. The normalized spacial score (nSPS) is 13.3. The Balaban J connectivity index is 1.54. The molecule has 0 aliphatic heterocycles. The minimum absolute atomic E-state index is 0.0116. The molecule has 3 atom stereocenters. The van der Waals surface area contributed by atoms with Gasteiger partial charge in [-0.2, -0.15) is 0 Å². The first kappa shape index (κ1) is 31.3. The van der Waals surface area contributed by atoms with Crippen LogP contribution >= 0.6 is 0 Å². The van der Waals surface area contributed by atoms with Crippen molar-refractivity contribution in [3.63, 3.8) is 0 Å². The molecule has 224 valence electrons. The van der Waals surface area contributed by atoms with Crippen molar-refractivity contribution >= 4 is 39.8 Å². The Bertz CT molecular complexity index is 1550. The summed E-state index contributed by atoms with van der Waals surface area (Å²) in [5.41, 5.74) is 8.34. The number of amides is 2. The number of carbonyl (C=O) groups excluding carboxylic acids is 4. The second-order valence-electron chi connectivity index (χ2n) is 11.3. The lowest BCUT2D eigenvalue weighted by Crippen LogP contribution is -2.51. The average Bonchev–Trinajstić information content (AvgIpc) is 3.52. The van der Waals surface area contributed by atoms with Gasteiger partial charge in [-0.05, 0) is 35.8 Å². The smallest absolute Gasteiger partial charge is 0.227 e. The van der Waals surface area contributed by atoms with Crippen molar-refractivity contribution in [3.05, 3.63) is 96.6 Å². The molecule has 0 spiro atoms. The van der Waals surface area contributed by atoms with Crippen molar-refractivity contribution in [1.29, 1.82) is 0 Å². The summed E-state index contributed by atoms with van der Waals surface area (Å²) in [6, 6.07) is 20.9. The molecule has 0 bridgehead atoms. The van der Waals surface area contributed by atoms with Crippen molar-refractivity contribution in [2.24, 2.45) is 17.6 Å². The first-order valence-electron chi connectivity index (χ1n) is 14.5. The molecule has 0 radical (unpaired) electrons. The summed E-state index contributed by atoms with van der Waals surface area (Å²) in [6.45, 7) is 3.82. The highest BCUT2D eigenvalue weighted by atomic mass is 16.2. The number of nitrogens with two attached hydrogens (primary N) is 1. The molecule has 3 aromatic carbocycles. The van der Waals surface area contributed by atoms with E-state index in [4.69, 9.17) is 5.73 Å². The maximum Gasteiger partial charge on any atom is 0.227 e. The fourth-order valence-corrected chi connectivity index (χ4v) is 5.21. The highest BCUT2D eigenvalue weighted by molar-refractivity contribution is 6.41. The van der Waals surface area contributed by atoms with Crippen molar-refractivity contribution in [2.45, 2.75) is 51.6 Å². The summed E-state index contributed by atoms with van der Waals surface area (Å²) in [5.74, 6) is -2.96. The van der Waals surface area contributed by atoms with Crippen LogP contribution in [-0.2, 0) is 32.0 Å². The van der Waals surface area contributed by atoms with Gasteiger partial charge in [0, 0.05) is 37.2 Å². The van der Waals surface area contributed by atoms with E-state index in [2.05, 4.69) is 15.3 Å². The Morgan fingerprint density at radius 1 is 0.907 bits per heavy atom. The number of rotatable bonds is 14. The molecule has 1 unspecified atom stereocenters. The Morgan fingerprint density at radius 3 is 2.30 bits per heavy atom. The van der Waals surface area contributed by atoms with Crippen LogP contribution in [0.1, 0.15) is 37.9 Å². The van der Waals surface area contributed by atoms with Crippen molar-refractivity contribution < 1.29 is 19.2 Å². The lowest BCUT2D eigenvalue weighted by Gasteiger charge is -2.25. The molecule has 9 nitrogen and oxygen atoms in total. The molecule has 1 aromatic heterocycles. The summed E-state index contributed by atoms with van der Waals surface area (Å²) in [5, 5.41) is 4.75. The van der Waals surface area contributed by atoms with Crippen molar-refractivity contribution in [2.75, 3.05) is 11.9 Å². The molecular weight excluding hydrogens is 542 g/mol. The molecule has 4 aromatic rings. The molecule has 4 N–H and O–H groups in total. The maximum atomic E-state index is 13.8. The van der Waals surface area contributed by atoms with Crippen LogP contribution in [0.5, 0.6) is 0 Å². The monoisotopic (exact) mass is 581 g/mol. The first-order chi connectivity index (χ1) is 20.6. The van der Waals surface area contributed by atoms with Crippen LogP contribution in [0, 0.1) is 11.8 Å². The Hall–Kier alpha value is -4.63. The Kier molecular flexibility index (Phi) is 10.6. The second kappa shape index (κ2) is 14.5. The van der Waals surface area contributed by atoms with E-state index in [-0.39, 0.29) is 37.5 Å². The number of aromatic amines is 1. The zero-order valence-corrected chi connectivity index (χ0v) is 24.8. The van der Waals surface area contributed by atoms with Crippen LogP contribution in [0.15, 0.2) is 85.3 Å². The highest BCUT2D eigenvalue weighted by Gasteiger charge is 2.34. The summed E-state index contributed by atoms with van der Waals surface area (Å²) in [4.78, 5) is 62.2. The number of Topliss-reactive ketones (excluding diaryl/α,β-unsaturated/α-hetero) is 2. The van der Waals surface area contributed by atoms with Crippen LogP contribution in [0.4, 0.5) is 5.69 Å². The molecule has 4 rings (SSSR count). The topological polar surface area (TPSA) is 138 Å². The molecule has 0 aliphatic carbocycles. The van der Waals surface area contributed by atoms with Crippen LogP contribution < -0.4 is 16.0 Å². The van der Waals surface area contributed by atoms with Gasteiger partial charge in [0.05, 0.1) is 30.0 Å². The number of H-pyrrole nitrogens is 1. The number of fused-ring (bicyclic) bond motifs is 1. The van der Waals surface area contributed by atoms with Crippen LogP contribution in [0.2, 0.25) is 0 Å². The number of nitrogens with zero attached hydrogens (tertiary/aromatic N) is 2. The zero-order valence-electron chi connectivity index (χ0n) is 24.8. The number of anilines is 1. The van der Waals surface area contributed by atoms with E-state index in [1.165, 1.54) is 6.33 Å². The minimum atomic E-state index is -1.07. The van der Waals surface area contributed by atoms with Gasteiger partial charge in [0.15, 0.2) is 0 Å². The number of hydrogen-bond acceptors (Lipinski definition) is 6. The first-order valence-corrected chi connectivity index (χ1v) is 14.5.